The maximum atomic E-state index is 12.6. The molecule has 2 heterocycles. The number of fused-ring (bicyclic) bond motifs is 3. The third-order valence-electron chi connectivity index (χ3n) is 4.88. The first-order valence-corrected chi connectivity index (χ1v) is 11.0. The van der Waals surface area contributed by atoms with Crippen molar-refractivity contribution in [3.8, 4) is 5.75 Å². The lowest BCUT2D eigenvalue weighted by atomic mass is 9.97. The largest absolute Gasteiger partial charge is 0.506 e. The van der Waals surface area contributed by atoms with Gasteiger partial charge in [0.2, 0.25) is 5.91 Å². The third-order valence-corrected chi connectivity index (χ3v) is 7.05. The van der Waals surface area contributed by atoms with Gasteiger partial charge in [0.15, 0.2) is 5.16 Å². The van der Waals surface area contributed by atoms with Crippen LogP contribution in [0.2, 0.25) is 0 Å². The highest BCUT2D eigenvalue weighted by atomic mass is 32.2. The molecule has 7 nitrogen and oxygen atoms in total. The highest BCUT2D eigenvalue weighted by molar-refractivity contribution is 8.00. The van der Waals surface area contributed by atoms with E-state index >= 15 is 0 Å². The topological polar surface area (TPSA) is 112 Å². The van der Waals surface area contributed by atoms with Crippen molar-refractivity contribution in [3.63, 3.8) is 0 Å². The number of nitrogens with one attached hydrogen (secondary N) is 2. The number of phenolic OH excluding ortho intramolecular Hbond substituents is 1. The number of aromatic nitrogens is 2. The molecule has 2 aromatic heterocycles. The van der Waals surface area contributed by atoms with Crippen molar-refractivity contribution in [2.45, 2.75) is 43.0 Å². The normalized spacial score (nSPS) is 14.4. The number of hydrogen-bond donors (Lipinski definition) is 3. The average molecular weight is 430 g/mol. The van der Waals surface area contributed by atoms with Crippen molar-refractivity contribution in [2.24, 2.45) is 0 Å². The first-order valence-electron chi connectivity index (χ1n) is 9.26. The zero-order valence-electron chi connectivity index (χ0n) is 15.7. The molecule has 0 saturated heterocycles. The van der Waals surface area contributed by atoms with Crippen molar-refractivity contribution >= 4 is 51.2 Å². The van der Waals surface area contributed by atoms with Gasteiger partial charge in [-0.25, -0.2) is 4.98 Å². The summed E-state index contributed by atoms with van der Waals surface area (Å²) < 4.78 is 0. The summed E-state index contributed by atoms with van der Waals surface area (Å²) in [7, 11) is 0. The highest BCUT2D eigenvalue weighted by Crippen LogP contribution is 2.34. The predicted octanol–water partition coefficient (Wildman–Crippen LogP) is 3.50. The van der Waals surface area contributed by atoms with Crippen LogP contribution in [0.3, 0.4) is 0 Å². The summed E-state index contributed by atoms with van der Waals surface area (Å²) in [5.41, 5.74) is 1.46. The minimum atomic E-state index is -0.579. The summed E-state index contributed by atoms with van der Waals surface area (Å²) in [6.45, 7) is 1.68. The molecule has 1 amide bonds. The maximum Gasteiger partial charge on any atom is 0.260 e. The molecule has 1 atom stereocenters. The van der Waals surface area contributed by atoms with Gasteiger partial charge in [0.25, 0.3) is 5.56 Å². The van der Waals surface area contributed by atoms with Crippen LogP contribution in [0, 0.1) is 0 Å². The van der Waals surface area contributed by atoms with Gasteiger partial charge in [-0.1, -0.05) is 11.8 Å². The van der Waals surface area contributed by atoms with Crippen LogP contribution < -0.4 is 10.9 Å². The Balaban J connectivity index is 1.54. The van der Waals surface area contributed by atoms with Crippen molar-refractivity contribution in [1.29, 1.82) is 0 Å². The number of hydrogen-bond acceptors (Lipinski definition) is 7. The van der Waals surface area contributed by atoms with Crippen LogP contribution in [0.5, 0.6) is 5.75 Å². The Bertz CT molecular complexity index is 1170. The van der Waals surface area contributed by atoms with Crippen LogP contribution in [-0.4, -0.2) is 32.5 Å². The Hall–Kier alpha value is -2.65. The molecular formula is C20H19N3O4S2. The van der Waals surface area contributed by atoms with Crippen LogP contribution in [0.25, 0.3) is 10.2 Å². The second-order valence-corrected chi connectivity index (χ2v) is 9.32. The number of phenols is 1. The molecule has 3 aromatic rings. The van der Waals surface area contributed by atoms with E-state index in [9.17, 15) is 19.5 Å². The molecule has 29 heavy (non-hydrogen) atoms. The van der Waals surface area contributed by atoms with E-state index in [1.807, 2.05) is 0 Å². The second-order valence-electron chi connectivity index (χ2n) is 6.91. The number of carbonyl (C=O) groups excluding carboxylic acids is 2. The third kappa shape index (κ3) is 3.92. The molecule has 0 bridgehead atoms. The number of carbonyl (C=O) groups is 2. The number of anilines is 1. The molecule has 3 N–H and O–H groups in total. The number of amides is 1. The number of H-pyrrole nitrogens is 1. The molecule has 1 aliphatic rings. The Morgan fingerprint density at radius 1 is 1.38 bits per heavy atom. The van der Waals surface area contributed by atoms with Gasteiger partial charge >= 0.3 is 0 Å². The highest BCUT2D eigenvalue weighted by Gasteiger charge is 2.22. The van der Waals surface area contributed by atoms with E-state index in [1.54, 1.807) is 18.3 Å². The fraction of sp³-hybridized carbons (Fsp3) is 0.300. The molecular weight excluding hydrogens is 410 g/mol. The van der Waals surface area contributed by atoms with E-state index in [2.05, 4.69) is 15.3 Å². The molecule has 9 heteroatoms. The van der Waals surface area contributed by atoms with Crippen molar-refractivity contribution in [3.05, 3.63) is 44.6 Å². The average Bonchev–Trinajstić information content (AvgIpc) is 3.08. The van der Waals surface area contributed by atoms with Crippen LogP contribution in [0.1, 0.15) is 40.6 Å². The van der Waals surface area contributed by atoms with Gasteiger partial charge in [0, 0.05) is 10.4 Å². The van der Waals surface area contributed by atoms with E-state index in [0.717, 1.165) is 43.0 Å². The van der Waals surface area contributed by atoms with Crippen molar-refractivity contribution < 1.29 is 14.7 Å². The lowest BCUT2D eigenvalue weighted by Crippen LogP contribution is -2.23. The van der Waals surface area contributed by atoms with E-state index in [-0.39, 0.29) is 22.9 Å². The molecule has 150 valence electrons. The summed E-state index contributed by atoms with van der Waals surface area (Å²) in [6, 6.07) is 4.21. The second kappa shape index (κ2) is 8.00. The molecule has 1 aliphatic carbocycles. The summed E-state index contributed by atoms with van der Waals surface area (Å²) in [4.78, 5) is 45.4. The fourth-order valence-corrected chi connectivity index (χ4v) is 5.50. The molecule has 4 rings (SSSR count). The van der Waals surface area contributed by atoms with E-state index < -0.39 is 5.25 Å². The lowest BCUT2D eigenvalue weighted by Gasteiger charge is -2.13. The zero-order valence-corrected chi connectivity index (χ0v) is 17.3. The molecule has 0 spiro atoms. The number of nitrogens with zero attached hydrogens (tertiary/aromatic N) is 1. The number of rotatable bonds is 5. The minimum Gasteiger partial charge on any atom is -0.506 e. The van der Waals surface area contributed by atoms with Gasteiger partial charge in [-0.15, -0.1) is 11.3 Å². The SMILES string of the molecule is CC(Sc1nc2sc3c(c2c(=O)[nH]1)CCCC3)C(=O)Nc1cc(C=O)ccc1O. The van der Waals surface area contributed by atoms with Gasteiger partial charge < -0.3 is 15.4 Å². The molecule has 1 unspecified atom stereocenters. The van der Waals surface area contributed by atoms with Gasteiger partial charge in [-0.2, -0.15) is 0 Å². The number of benzene rings is 1. The minimum absolute atomic E-state index is 0.127. The van der Waals surface area contributed by atoms with E-state index in [0.29, 0.717) is 27.2 Å². The zero-order chi connectivity index (χ0) is 20.5. The number of aromatic amines is 1. The monoisotopic (exact) mass is 429 g/mol. The molecule has 1 aromatic carbocycles. The number of thioether (sulfide) groups is 1. The van der Waals surface area contributed by atoms with Crippen LogP contribution in [0.15, 0.2) is 28.2 Å². The molecule has 0 aliphatic heterocycles. The summed E-state index contributed by atoms with van der Waals surface area (Å²) in [5.74, 6) is -0.500. The maximum absolute atomic E-state index is 12.6. The summed E-state index contributed by atoms with van der Waals surface area (Å²) >= 11 is 2.70. The number of aldehydes is 1. The van der Waals surface area contributed by atoms with Gasteiger partial charge in [-0.3, -0.25) is 14.4 Å². The Morgan fingerprint density at radius 2 is 2.17 bits per heavy atom. The Morgan fingerprint density at radius 3 is 2.97 bits per heavy atom. The first-order chi connectivity index (χ1) is 14.0. The number of aryl methyl sites for hydroxylation is 2. The quantitative estimate of drug-likeness (QED) is 0.248. The number of thiophene rings is 1. The van der Waals surface area contributed by atoms with Gasteiger partial charge in [0.1, 0.15) is 16.9 Å². The van der Waals surface area contributed by atoms with Crippen LogP contribution in [-0.2, 0) is 17.6 Å². The standard InChI is InChI=1S/C20H19N3O4S2/c1-10(17(26)21-13-8-11(9-24)6-7-14(13)25)28-20-22-18(27)16-12-4-2-3-5-15(12)29-19(16)23-20/h6-10,25H,2-5H2,1H3,(H,21,26)(H,22,23,27). The molecule has 0 radical (unpaired) electrons. The Labute approximate surface area is 174 Å². The number of aromatic hydroxyl groups is 1. The van der Waals surface area contributed by atoms with Gasteiger partial charge in [0.05, 0.1) is 16.3 Å². The van der Waals surface area contributed by atoms with E-state index in [4.69, 9.17) is 0 Å². The smallest absolute Gasteiger partial charge is 0.260 e. The summed E-state index contributed by atoms with van der Waals surface area (Å²) in [6.07, 6.45) is 4.76. The summed E-state index contributed by atoms with van der Waals surface area (Å²) in [5, 5.41) is 13.0. The predicted molar refractivity (Wildman–Crippen MR) is 114 cm³/mol. The first kappa shape index (κ1) is 19.7. The van der Waals surface area contributed by atoms with Crippen LogP contribution >= 0.6 is 23.1 Å². The molecule has 0 fully saturated rings. The fourth-order valence-electron chi connectivity index (χ4n) is 3.38. The van der Waals surface area contributed by atoms with Crippen molar-refractivity contribution in [2.75, 3.05) is 5.32 Å². The molecule has 0 saturated carbocycles. The Kier molecular flexibility index (Phi) is 5.42. The van der Waals surface area contributed by atoms with Crippen LogP contribution in [0.4, 0.5) is 5.69 Å². The van der Waals surface area contributed by atoms with Crippen molar-refractivity contribution in [1.82, 2.24) is 9.97 Å². The van der Waals surface area contributed by atoms with Gasteiger partial charge in [-0.05, 0) is 56.4 Å². The van der Waals surface area contributed by atoms with E-state index in [1.165, 1.54) is 23.1 Å². The lowest BCUT2D eigenvalue weighted by molar-refractivity contribution is -0.115.